The first kappa shape index (κ1) is 18.5. The summed E-state index contributed by atoms with van der Waals surface area (Å²) in [5.74, 6) is 2.27. The predicted molar refractivity (Wildman–Crippen MR) is 108 cm³/mol. The van der Waals surface area contributed by atoms with Crippen LogP contribution < -0.4 is 4.90 Å². The van der Waals surface area contributed by atoms with E-state index in [0.717, 1.165) is 55.3 Å². The fourth-order valence-corrected chi connectivity index (χ4v) is 5.02. The second-order valence-electron chi connectivity index (χ2n) is 7.36. The van der Waals surface area contributed by atoms with Crippen molar-refractivity contribution in [1.29, 1.82) is 0 Å². The molecule has 0 aliphatic carbocycles. The van der Waals surface area contributed by atoms with Gasteiger partial charge >= 0.3 is 0 Å². The summed E-state index contributed by atoms with van der Waals surface area (Å²) < 4.78 is 1.76. The lowest BCUT2D eigenvalue weighted by molar-refractivity contribution is -0.133. The first-order valence-electron chi connectivity index (χ1n) is 9.55. The summed E-state index contributed by atoms with van der Waals surface area (Å²) in [6.45, 7) is 9.06. The van der Waals surface area contributed by atoms with Crippen molar-refractivity contribution in [2.24, 2.45) is 7.05 Å². The molecule has 146 valence electrons. The molecular weight excluding hydrogens is 362 g/mol. The summed E-state index contributed by atoms with van der Waals surface area (Å²) in [7, 11) is 1.89. The van der Waals surface area contributed by atoms with Crippen LogP contribution in [0.5, 0.6) is 0 Å². The molecule has 0 spiro atoms. The second-order valence-corrected chi connectivity index (χ2v) is 8.84. The predicted octanol–water partition coefficient (Wildman–Crippen LogP) is 0.838. The average molecular weight is 390 g/mol. The highest BCUT2D eigenvalue weighted by Crippen LogP contribution is 2.25. The van der Waals surface area contributed by atoms with Gasteiger partial charge in [0.15, 0.2) is 5.65 Å². The van der Waals surface area contributed by atoms with Crippen molar-refractivity contribution in [2.45, 2.75) is 25.1 Å². The number of hydrogen-bond acceptors (Lipinski definition) is 7. The Morgan fingerprint density at radius 2 is 1.96 bits per heavy atom. The van der Waals surface area contributed by atoms with E-state index >= 15 is 0 Å². The maximum absolute atomic E-state index is 12.8. The van der Waals surface area contributed by atoms with Crippen molar-refractivity contribution in [2.75, 3.05) is 49.9 Å². The third-order valence-electron chi connectivity index (χ3n) is 5.79. The van der Waals surface area contributed by atoms with Crippen LogP contribution >= 0.6 is 11.8 Å². The molecule has 2 unspecified atom stereocenters. The number of aromatic nitrogens is 4. The van der Waals surface area contributed by atoms with Gasteiger partial charge in [-0.25, -0.2) is 9.97 Å². The highest BCUT2D eigenvalue weighted by molar-refractivity contribution is 8.00. The van der Waals surface area contributed by atoms with Gasteiger partial charge in [-0.15, -0.1) is 0 Å². The van der Waals surface area contributed by atoms with Crippen LogP contribution in [-0.2, 0) is 11.8 Å². The first-order chi connectivity index (χ1) is 13.0. The fourth-order valence-electron chi connectivity index (χ4n) is 3.86. The molecule has 2 fully saturated rings. The minimum Gasteiger partial charge on any atom is -0.352 e. The van der Waals surface area contributed by atoms with Crippen molar-refractivity contribution in [3.8, 4) is 0 Å². The molecule has 2 saturated heterocycles. The van der Waals surface area contributed by atoms with Crippen LogP contribution in [0.2, 0.25) is 0 Å². The number of fused-ring (bicyclic) bond motifs is 1. The summed E-state index contributed by atoms with van der Waals surface area (Å²) in [5.41, 5.74) is 0.838. The molecule has 8 nitrogen and oxygen atoms in total. The Hall–Kier alpha value is -1.87. The number of rotatable bonds is 3. The molecule has 2 aliphatic rings. The van der Waals surface area contributed by atoms with E-state index in [4.69, 9.17) is 0 Å². The first-order valence-corrected chi connectivity index (χ1v) is 10.6. The van der Waals surface area contributed by atoms with Gasteiger partial charge in [0, 0.05) is 56.8 Å². The van der Waals surface area contributed by atoms with E-state index in [2.05, 4.69) is 38.7 Å². The minimum absolute atomic E-state index is 0.245. The number of thioether (sulfide) groups is 1. The van der Waals surface area contributed by atoms with Crippen LogP contribution in [0.3, 0.4) is 0 Å². The monoisotopic (exact) mass is 389 g/mol. The lowest BCUT2D eigenvalue weighted by Crippen LogP contribution is -2.54. The molecule has 9 heteroatoms. The lowest BCUT2D eigenvalue weighted by atomic mass is 10.2. The number of aryl methyl sites for hydroxylation is 1. The SMILES string of the molecule is CC1SCCN(CC(=O)N2CCN(c3ncnc4c3cnn4C)CC2)C1C. The number of carbonyl (C=O) groups excluding carboxylic acids is 1. The quantitative estimate of drug-likeness (QED) is 0.770. The molecule has 2 atom stereocenters. The van der Waals surface area contributed by atoms with Crippen LogP contribution in [0.15, 0.2) is 12.5 Å². The Bertz CT molecular complexity index is 817. The maximum atomic E-state index is 12.8. The van der Waals surface area contributed by atoms with Crippen LogP contribution in [0, 0.1) is 0 Å². The van der Waals surface area contributed by atoms with E-state index in [9.17, 15) is 4.79 Å². The maximum Gasteiger partial charge on any atom is 0.236 e. The van der Waals surface area contributed by atoms with E-state index in [0.29, 0.717) is 17.8 Å². The number of piperazine rings is 1. The number of nitrogens with zero attached hydrogens (tertiary/aromatic N) is 7. The molecule has 4 rings (SSSR count). The number of carbonyl (C=O) groups is 1. The van der Waals surface area contributed by atoms with Gasteiger partial charge in [0.1, 0.15) is 12.1 Å². The largest absolute Gasteiger partial charge is 0.352 e. The van der Waals surface area contributed by atoms with Crippen molar-refractivity contribution in [1.82, 2.24) is 29.5 Å². The summed E-state index contributed by atoms with van der Waals surface area (Å²) in [6, 6.07) is 0.453. The molecule has 2 aromatic heterocycles. The highest BCUT2D eigenvalue weighted by Gasteiger charge is 2.29. The molecule has 0 saturated carbocycles. The lowest BCUT2D eigenvalue weighted by Gasteiger charge is -2.40. The van der Waals surface area contributed by atoms with E-state index < -0.39 is 0 Å². The Morgan fingerprint density at radius 3 is 2.74 bits per heavy atom. The summed E-state index contributed by atoms with van der Waals surface area (Å²) >= 11 is 2.00. The van der Waals surface area contributed by atoms with Gasteiger partial charge in [-0.3, -0.25) is 14.4 Å². The molecule has 2 aliphatic heterocycles. The average Bonchev–Trinajstić information content (AvgIpc) is 3.07. The Labute approximate surface area is 163 Å². The third-order valence-corrected chi connectivity index (χ3v) is 7.13. The molecular formula is C18H27N7OS. The normalized spacial score (nSPS) is 24.6. The molecule has 0 aromatic carbocycles. The standard InChI is InChI=1S/C18H27N7OS/c1-13-14(2)27-9-8-25(13)11-16(26)23-4-6-24(7-5-23)18-15-10-21-22(3)17(15)19-12-20-18/h10,12-14H,4-9,11H2,1-3H3. The zero-order chi connectivity index (χ0) is 19.0. The highest BCUT2D eigenvalue weighted by atomic mass is 32.2. The topological polar surface area (TPSA) is 70.4 Å². The van der Waals surface area contributed by atoms with Crippen molar-refractivity contribution in [3.63, 3.8) is 0 Å². The van der Waals surface area contributed by atoms with E-state index in [1.165, 1.54) is 0 Å². The molecule has 0 radical (unpaired) electrons. The Balaban J connectivity index is 1.38. The fraction of sp³-hybridized carbons (Fsp3) is 0.667. The number of anilines is 1. The summed E-state index contributed by atoms with van der Waals surface area (Å²) in [6.07, 6.45) is 3.41. The molecule has 0 N–H and O–H groups in total. The molecule has 27 heavy (non-hydrogen) atoms. The van der Waals surface area contributed by atoms with Gasteiger partial charge < -0.3 is 9.80 Å². The summed E-state index contributed by atoms with van der Waals surface area (Å²) in [4.78, 5) is 28.1. The van der Waals surface area contributed by atoms with Crippen LogP contribution in [0.1, 0.15) is 13.8 Å². The zero-order valence-corrected chi connectivity index (χ0v) is 17.0. The van der Waals surface area contributed by atoms with Gasteiger partial charge in [0.2, 0.25) is 5.91 Å². The third kappa shape index (κ3) is 3.62. The van der Waals surface area contributed by atoms with Crippen molar-refractivity contribution in [3.05, 3.63) is 12.5 Å². The molecule has 0 bridgehead atoms. The van der Waals surface area contributed by atoms with E-state index in [-0.39, 0.29) is 5.91 Å². The van der Waals surface area contributed by atoms with Crippen LogP contribution in [0.4, 0.5) is 5.82 Å². The smallest absolute Gasteiger partial charge is 0.236 e. The number of hydrogen-bond donors (Lipinski definition) is 0. The molecule has 1 amide bonds. The summed E-state index contributed by atoms with van der Waals surface area (Å²) in [5, 5.41) is 5.84. The zero-order valence-electron chi connectivity index (χ0n) is 16.2. The Morgan fingerprint density at radius 1 is 1.19 bits per heavy atom. The molecule has 2 aromatic rings. The van der Waals surface area contributed by atoms with Gasteiger partial charge in [0.05, 0.1) is 18.1 Å². The second kappa shape index (κ2) is 7.63. The van der Waals surface area contributed by atoms with Gasteiger partial charge in [0.25, 0.3) is 0 Å². The molecule has 4 heterocycles. The van der Waals surface area contributed by atoms with Crippen LogP contribution in [0.25, 0.3) is 11.0 Å². The van der Waals surface area contributed by atoms with Gasteiger partial charge in [-0.2, -0.15) is 16.9 Å². The minimum atomic E-state index is 0.245. The van der Waals surface area contributed by atoms with E-state index in [1.807, 2.05) is 29.9 Å². The van der Waals surface area contributed by atoms with Crippen molar-refractivity contribution < 1.29 is 4.79 Å². The number of amides is 1. The van der Waals surface area contributed by atoms with Crippen LogP contribution in [-0.4, -0.2) is 91.8 Å². The Kier molecular flexibility index (Phi) is 5.23. The van der Waals surface area contributed by atoms with E-state index in [1.54, 1.807) is 11.0 Å². The van der Waals surface area contributed by atoms with Gasteiger partial charge in [-0.1, -0.05) is 6.92 Å². The van der Waals surface area contributed by atoms with Crippen molar-refractivity contribution >= 4 is 34.5 Å². The van der Waals surface area contributed by atoms with Gasteiger partial charge in [-0.05, 0) is 6.92 Å².